The zero-order valence-electron chi connectivity index (χ0n) is 20.2. The highest BCUT2D eigenvalue weighted by molar-refractivity contribution is 7.92. The molecule has 9 heteroatoms. The Labute approximate surface area is 214 Å². The normalized spacial score (nSPS) is 22.6. The van der Waals surface area contributed by atoms with Crippen LogP contribution >= 0.6 is 11.3 Å². The zero-order chi connectivity index (χ0) is 25.5. The molecule has 0 bridgehead atoms. The summed E-state index contributed by atoms with van der Waals surface area (Å²) in [5, 5.41) is -0.804. The van der Waals surface area contributed by atoms with Crippen molar-refractivity contribution in [2.45, 2.75) is 80.5 Å². The first-order valence-electron chi connectivity index (χ1n) is 12.4. The number of nitrogens with zero attached hydrogens (tertiary/aromatic N) is 2. The third-order valence-electron chi connectivity index (χ3n) is 7.68. The first-order valence-corrected chi connectivity index (χ1v) is 14.9. The van der Waals surface area contributed by atoms with Gasteiger partial charge in [0.1, 0.15) is 0 Å². The molecule has 5 nitrogen and oxygen atoms in total. The number of benzene rings is 2. The van der Waals surface area contributed by atoms with Gasteiger partial charge in [-0.05, 0) is 62.4 Å². The van der Waals surface area contributed by atoms with Crippen LogP contribution < -0.4 is 0 Å². The molecule has 1 heterocycles. The van der Waals surface area contributed by atoms with Crippen LogP contribution in [-0.2, 0) is 21.2 Å². The fourth-order valence-corrected chi connectivity index (χ4v) is 8.30. The number of carbonyl (C=O) groups is 1. The minimum Gasteiger partial charge on any atom is -0.335 e. The summed E-state index contributed by atoms with van der Waals surface area (Å²) in [6, 6.07) is 12.2. The van der Waals surface area contributed by atoms with Crippen LogP contribution in [0.25, 0.3) is 10.2 Å². The molecule has 192 valence electrons. The summed E-state index contributed by atoms with van der Waals surface area (Å²) in [4.78, 5) is 20.3. The van der Waals surface area contributed by atoms with Crippen LogP contribution in [0.4, 0.5) is 8.78 Å². The Kier molecular flexibility index (Phi) is 6.89. The maximum Gasteiger partial charge on any atom is 0.248 e. The third kappa shape index (κ3) is 5.05. The van der Waals surface area contributed by atoms with Gasteiger partial charge in [-0.1, -0.05) is 30.2 Å². The molecule has 2 aliphatic rings. The van der Waals surface area contributed by atoms with E-state index in [9.17, 15) is 22.0 Å². The average molecular weight is 533 g/mol. The monoisotopic (exact) mass is 532 g/mol. The molecule has 0 aliphatic heterocycles. The Balaban J connectivity index is 1.44. The van der Waals surface area contributed by atoms with Crippen LogP contribution in [0.2, 0.25) is 0 Å². The largest absolute Gasteiger partial charge is 0.335 e. The predicted octanol–water partition coefficient (Wildman–Crippen LogP) is 6.15. The van der Waals surface area contributed by atoms with E-state index in [4.69, 9.17) is 0 Å². The van der Waals surface area contributed by atoms with E-state index in [1.807, 2.05) is 25.1 Å². The number of carbonyl (C=O) groups excluding carboxylic acids is 1. The van der Waals surface area contributed by atoms with Crippen LogP contribution in [0, 0.1) is 12.8 Å². The van der Waals surface area contributed by atoms with E-state index in [1.54, 1.807) is 34.7 Å². The highest BCUT2D eigenvalue weighted by atomic mass is 32.2. The molecule has 0 radical (unpaired) electrons. The fourth-order valence-electron chi connectivity index (χ4n) is 5.62. The summed E-state index contributed by atoms with van der Waals surface area (Å²) in [6.07, 6.45) is 1.45. The lowest BCUT2D eigenvalue weighted by atomic mass is 9.90. The number of halogens is 2. The molecule has 3 aromatic rings. The van der Waals surface area contributed by atoms with Gasteiger partial charge < -0.3 is 4.90 Å². The fraction of sp³-hybridized carbons (Fsp3) is 0.481. The van der Waals surface area contributed by atoms with E-state index in [-0.39, 0.29) is 49.1 Å². The molecule has 0 unspecified atom stereocenters. The van der Waals surface area contributed by atoms with Crippen molar-refractivity contribution in [3.05, 3.63) is 59.1 Å². The number of hydrogen-bond donors (Lipinski definition) is 0. The van der Waals surface area contributed by atoms with Crippen LogP contribution in [0.1, 0.15) is 56.1 Å². The smallest absolute Gasteiger partial charge is 0.248 e. The van der Waals surface area contributed by atoms with E-state index in [2.05, 4.69) is 4.98 Å². The molecule has 1 aromatic heterocycles. The van der Waals surface area contributed by atoms with Crippen LogP contribution in [0.3, 0.4) is 0 Å². The first kappa shape index (κ1) is 25.3. The van der Waals surface area contributed by atoms with Gasteiger partial charge in [-0.15, -0.1) is 11.3 Å². The molecule has 0 N–H and O–H groups in total. The van der Waals surface area contributed by atoms with Crippen LogP contribution in [0.5, 0.6) is 0 Å². The van der Waals surface area contributed by atoms with Crippen molar-refractivity contribution in [3.8, 4) is 0 Å². The third-order valence-corrected chi connectivity index (χ3v) is 10.8. The van der Waals surface area contributed by atoms with Crippen molar-refractivity contribution in [1.29, 1.82) is 0 Å². The number of sulfone groups is 1. The summed E-state index contributed by atoms with van der Waals surface area (Å²) >= 11 is 1.53. The summed E-state index contributed by atoms with van der Waals surface area (Å²) in [5.74, 6) is -3.63. The lowest BCUT2D eigenvalue weighted by Gasteiger charge is -2.39. The number of aromatic nitrogens is 1. The standard InChI is InChI=1S/C27H30F2N2O3S2/c1-18-5-8-21(9-6-18)36(33,34)25-4-2-3-22(25)26(32)31(20-11-13-27(28,29)14-12-20)16-19-7-10-24-23(15-19)30-17-35-24/h5-10,15,17,20,22,25H,2-4,11-14,16H2,1H3/t22-,25-/m1/s1. The Morgan fingerprint density at radius 2 is 1.81 bits per heavy atom. The minimum atomic E-state index is -3.70. The molecule has 2 fully saturated rings. The molecular weight excluding hydrogens is 502 g/mol. The molecule has 2 atom stereocenters. The molecule has 1 amide bonds. The summed E-state index contributed by atoms with van der Waals surface area (Å²) in [6.45, 7) is 2.16. The second-order valence-electron chi connectivity index (χ2n) is 10.1. The summed E-state index contributed by atoms with van der Waals surface area (Å²) < 4.78 is 56.0. The Bertz CT molecular complexity index is 1340. The number of aryl methyl sites for hydroxylation is 1. The number of hydrogen-bond acceptors (Lipinski definition) is 5. The lowest BCUT2D eigenvalue weighted by molar-refractivity contribution is -0.141. The second-order valence-corrected chi connectivity index (χ2v) is 13.2. The highest BCUT2D eigenvalue weighted by Gasteiger charge is 2.46. The number of alkyl halides is 2. The Morgan fingerprint density at radius 1 is 1.08 bits per heavy atom. The lowest BCUT2D eigenvalue weighted by Crippen LogP contribution is -2.48. The van der Waals surface area contributed by atoms with Crippen molar-refractivity contribution in [3.63, 3.8) is 0 Å². The number of rotatable bonds is 6. The number of fused-ring (bicyclic) bond motifs is 1. The Hall–Kier alpha value is -2.39. The van der Waals surface area contributed by atoms with Gasteiger partial charge in [0.05, 0.1) is 31.8 Å². The molecule has 36 heavy (non-hydrogen) atoms. The highest BCUT2D eigenvalue weighted by Crippen LogP contribution is 2.40. The maximum atomic E-state index is 14.0. The second kappa shape index (κ2) is 9.82. The van der Waals surface area contributed by atoms with Crippen molar-refractivity contribution >= 4 is 37.3 Å². The molecule has 0 saturated heterocycles. The van der Waals surface area contributed by atoms with Gasteiger partial charge in [-0.2, -0.15) is 0 Å². The van der Waals surface area contributed by atoms with E-state index in [0.717, 1.165) is 21.3 Å². The van der Waals surface area contributed by atoms with E-state index in [1.165, 1.54) is 11.3 Å². The van der Waals surface area contributed by atoms with Crippen molar-refractivity contribution in [1.82, 2.24) is 9.88 Å². The molecule has 5 rings (SSSR count). The van der Waals surface area contributed by atoms with Crippen molar-refractivity contribution in [2.75, 3.05) is 0 Å². The molecule has 2 saturated carbocycles. The van der Waals surface area contributed by atoms with Crippen LogP contribution in [-0.4, -0.2) is 41.4 Å². The number of amides is 1. The minimum absolute atomic E-state index is 0.208. The molecule has 2 aliphatic carbocycles. The van der Waals surface area contributed by atoms with Crippen molar-refractivity contribution in [2.24, 2.45) is 5.92 Å². The molecular formula is C27H30F2N2O3S2. The van der Waals surface area contributed by atoms with Gasteiger partial charge >= 0.3 is 0 Å². The SMILES string of the molecule is Cc1ccc(S(=O)(=O)[C@@H]2CCC[C@H]2C(=O)N(Cc2ccc3scnc3c2)C2CCC(F)(F)CC2)cc1. The van der Waals surface area contributed by atoms with Gasteiger partial charge in [0.25, 0.3) is 0 Å². The average Bonchev–Trinajstić information content (AvgIpc) is 3.52. The zero-order valence-corrected chi connectivity index (χ0v) is 21.8. The van der Waals surface area contributed by atoms with Crippen molar-refractivity contribution < 1.29 is 22.0 Å². The Morgan fingerprint density at radius 3 is 2.53 bits per heavy atom. The topological polar surface area (TPSA) is 67.3 Å². The summed E-state index contributed by atoms with van der Waals surface area (Å²) in [7, 11) is -3.70. The maximum absolute atomic E-state index is 14.0. The summed E-state index contributed by atoms with van der Waals surface area (Å²) in [5.41, 5.74) is 4.43. The van der Waals surface area contributed by atoms with Gasteiger partial charge in [0, 0.05) is 25.4 Å². The van der Waals surface area contributed by atoms with Gasteiger partial charge in [0.2, 0.25) is 11.8 Å². The molecule has 2 aromatic carbocycles. The quantitative estimate of drug-likeness (QED) is 0.382. The van der Waals surface area contributed by atoms with E-state index >= 15 is 0 Å². The van der Waals surface area contributed by atoms with Crippen LogP contribution in [0.15, 0.2) is 52.9 Å². The predicted molar refractivity (Wildman–Crippen MR) is 137 cm³/mol. The van der Waals surface area contributed by atoms with Gasteiger partial charge in [-0.3, -0.25) is 4.79 Å². The number of thiazole rings is 1. The first-order chi connectivity index (χ1) is 17.1. The molecule has 0 spiro atoms. The van der Waals surface area contributed by atoms with Gasteiger partial charge in [0.15, 0.2) is 9.84 Å². The van der Waals surface area contributed by atoms with Gasteiger partial charge in [-0.25, -0.2) is 22.2 Å². The van der Waals surface area contributed by atoms with E-state index in [0.29, 0.717) is 19.3 Å². The van der Waals surface area contributed by atoms with E-state index < -0.39 is 26.9 Å².